The fourth-order valence-corrected chi connectivity index (χ4v) is 6.19. The van der Waals surface area contributed by atoms with Crippen LogP contribution in [0, 0.1) is 0 Å². The summed E-state index contributed by atoms with van der Waals surface area (Å²) in [5.74, 6) is -0.674. The van der Waals surface area contributed by atoms with Crippen LogP contribution in [0.3, 0.4) is 0 Å². The molecule has 0 aliphatic carbocycles. The lowest BCUT2D eigenvalue weighted by Gasteiger charge is -2.13. The van der Waals surface area contributed by atoms with E-state index < -0.39 is 5.97 Å². The van der Waals surface area contributed by atoms with E-state index in [0.717, 1.165) is 44.9 Å². The number of carbonyl (C=O) groups excluding carboxylic acids is 1. The lowest BCUT2D eigenvalue weighted by atomic mass is 10.0. The Balaban J connectivity index is 3.35. The van der Waals surface area contributed by atoms with Crippen LogP contribution in [-0.4, -0.2) is 23.1 Å². The van der Waals surface area contributed by atoms with E-state index in [9.17, 15) is 9.59 Å². The van der Waals surface area contributed by atoms with Gasteiger partial charge in [0.15, 0.2) is 0 Å². The monoisotopic (exact) mass is 673 g/mol. The summed E-state index contributed by atoms with van der Waals surface area (Å²) in [5, 5.41) is 8.65. The number of carboxylic acids is 1. The van der Waals surface area contributed by atoms with Gasteiger partial charge >= 0.3 is 11.9 Å². The highest BCUT2D eigenvalue weighted by atomic mass is 16.5. The molecule has 0 amide bonds. The summed E-state index contributed by atoms with van der Waals surface area (Å²) in [7, 11) is 0. The minimum Gasteiger partial charge on any atom is -0.481 e. The molecule has 0 saturated carbocycles. The summed E-state index contributed by atoms with van der Waals surface area (Å²) >= 11 is 0. The number of allylic oxidation sites excluding steroid dienone is 6. The molecule has 0 radical (unpaired) electrons. The molecular formula is C44H80O4. The molecule has 0 bridgehead atoms. The van der Waals surface area contributed by atoms with E-state index in [1.165, 1.54) is 154 Å². The molecule has 0 spiro atoms. The van der Waals surface area contributed by atoms with E-state index in [1.807, 2.05) is 0 Å². The molecule has 4 nitrogen and oxygen atoms in total. The number of unbranched alkanes of at least 4 members (excludes halogenated alkanes) is 25. The highest BCUT2D eigenvalue weighted by molar-refractivity contribution is 5.69. The van der Waals surface area contributed by atoms with Crippen LogP contribution < -0.4 is 0 Å². The summed E-state index contributed by atoms with van der Waals surface area (Å²) in [6.07, 6.45) is 53.0. The molecule has 0 rings (SSSR count). The van der Waals surface area contributed by atoms with Crippen molar-refractivity contribution in [3.63, 3.8) is 0 Å². The maximum absolute atomic E-state index is 12.2. The number of aliphatic carboxylic acids is 1. The Kier molecular flexibility index (Phi) is 38.1. The van der Waals surface area contributed by atoms with Gasteiger partial charge in [-0.25, -0.2) is 0 Å². The second-order valence-electron chi connectivity index (χ2n) is 14.3. The maximum Gasteiger partial charge on any atom is 0.306 e. The predicted molar refractivity (Wildman–Crippen MR) is 209 cm³/mol. The van der Waals surface area contributed by atoms with Gasteiger partial charge in [0.05, 0.1) is 6.10 Å². The zero-order chi connectivity index (χ0) is 35.0. The standard InChI is InChI=1S/C44H80O4/c1-3-4-5-6-7-8-9-10-11-12-13-14-15-16-20-23-26-29-32-35-38-41-44(47)48-42(2)39-36-33-30-27-24-21-18-17-19-22-25-28-31-34-37-40-43(45)46/h7-8,10-11,16,20,42H,3-6,9,12-15,17-19,21-41H2,1-2H3,(H,45,46)/b8-7-,11-10-,20-16-. The van der Waals surface area contributed by atoms with Crippen molar-refractivity contribution in [2.75, 3.05) is 0 Å². The van der Waals surface area contributed by atoms with Crippen LogP contribution in [0.1, 0.15) is 226 Å². The van der Waals surface area contributed by atoms with Crippen LogP contribution in [0.4, 0.5) is 0 Å². The Bertz CT molecular complexity index is 768. The number of ether oxygens (including phenoxy) is 1. The van der Waals surface area contributed by atoms with E-state index in [0.29, 0.717) is 12.8 Å². The average Bonchev–Trinajstić information content (AvgIpc) is 3.06. The molecule has 4 heteroatoms. The van der Waals surface area contributed by atoms with Gasteiger partial charge < -0.3 is 9.84 Å². The normalized spacial score (nSPS) is 12.5. The van der Waals surface area contributed by atoms with Crippen molar-refractivity contribution in [2.24, 2.45) is 0 Å². The number of hydrogen-bond donors (Lipinski definition) is 1. The quantitative estimate of drug-likeness (QED) is 0.0403. The van der Waals surface area contributed by atoms with Crippen molar-refractivity contribution in [3.8, 4) is 0 Å². The van der Waals surface area contributed by atoms with Gasteiger partial charge in [0.25, 0.3) is 0 Å². The third-order valence-electron chi connectivity index (χ3n) is 9.32. The molecule has 0 aliphatic heterocycles. The average molecular weight is 673 g/mol. The van der Waals surface area contributed by atoms with Gasteiger partial charge in [-0.1, -0.05) is 159 Å². The van der Waals surface area contributed by atoms with Crippen LogP contribution in [-0.2, 0) is 14.3 Å². The first-order valence-electron chi connectivity index (χ1n) is 20.9. The van der Waals surface area contributed by atoms with E-state index in [2.05, 4.69) is 50.3 Å². The van der Waals surface area contributed by atoms with Crippen molar-refractivity contribution in [1.29, 1.82) is 0 Å². The lowest BCUT2D eigenvalue weighted by Crippen LogP contribution is -2.14. The van der Waals surface area contributed by atoms with Crippen molar-refractivity contribution in [2.45, 2.75) is 232 Å². The molecule has 1 atom stereocenters. The van der Waals surface area contributed by atoms with Crippen LogP contribution in [0.15, 0.2) is 36.5 Å². The van der Waals surface area contributed by atoms with Gasteiger partial charge in [0, 0.05) is 12.8 Å². The van der Waals surface area contributed by atoms with Crippen molar-refractivity contribution < 1.29 is 19.4 Å². The van der Waals surface area contributed by atoms with E-state index in [4.69, 9.17) is 9.84 Å². The Hall–Kier alpha value is -1.84. The highest BCUT2D eigenvalue weighted by Crippen LogP contribution is 2.16. The van der Waals surface area contributed by atoms with Crippen molar-refractivity contribution in [1.82, 2.24) is 0 Å². The molecule has 48 heavy (non-hydrogen) atoms. The molecule has 0 fully saturated rings. The van der Waals surface area contributed by atoms with Gasteiger partial charge in [-0.2, -0.15) is 0 Å². The summed E-state index contributed by atoms with van der Waals surface area (Å²) in [6, 6.07) is 0. The zero-order valence-corrected chi connectivity index (χ0v) is 32.0. The number of hydrogen-bond acceptors (Lipinski definition) is 3. The Morgan fingerprint density at radius 2 is 0.833 bits per heavy atom. The van der Waals surface area contributed by atoms with Crippen LogP contribution in [0.5, 0.6) is 0 Å². The smallest absolute Gasteiger partial charge is 0.306 e. The number of carboxylic acid groups (broad SMARTS) is 1. The summed E-state index contributed by atoms with van der Waals surface area (Å²) in [5.41, 5.74) is 0. The van der Waals surface area contributed by atoms with E-state index in [1.54, 1.807) is 0 Å². The summed E-state index contributed by atoms with van der Waals surface area (Å²) in [6.45, 7) is 4.31. The summed E-state index contributed by atoms with van der Waals surface area (Å²) in [4.78, 5) is 22.7. The molecule has 280 valence electrons. The minimum atomic E-state index is -0.666. The SMILES string of the molecule is CCCCC/C=C\C/C=C\CCCC/C=C\CCCCCCCC(=O)OC(C)CCCCCCCCCCCCCCCCCC(=O)O. The Labute approximate surface area is 299 Å². The molecule has 1 N–H and O–H groups in total. The maximum atomic E-state index is 12.2. The first kappa shape index (κ1) is 46.2. The fraction of sp³-hybridized carbons (Fsp3) is 0.818. The second kappa shape index (κ2) is 39.6. The van der Waals surface area contributed by atoms with Gasteiger partial charge in [0.1, 0.15) is 0 Å². The number of rotatable bonds is 38. The largest absolute Gasteiger partial charge is 0.481 e. The molecule has 1 unspecified atom stereocenters. The fourth-order valence-electron chi connectivity index (χ4n) is 6.19. The van der Waals surface area contributed by atoms with Gasteiger partial charge in [-0.15, -0.1) is 0 Å². The molecule has 0 heterocycles. The topological polar surface area (TPSA) is 63.6 Å². The molecular weight excluding hydrogens is 592 g/mol. The minimum absolute atomic E-state index is 0.00805. The molecule has 0 saturated heterocycles. The Morgan fingerprint density at radius 1 is 0.479 bits per heavy atom. The molecule has 0 aliphatic rings. The van der Waals surface area contributed by atoms with Gasteiger partial charge in [-0.3, -0.25) is 9.59 Å². The second-order valence-corrected chi connectivity index (χ2v) is 14.3. The third kappa shape index (κ3) is 40.3. The van der Waals surface area contributed by atoms with Crippen molar-refractivity contribution >= 4 is 11.9 Å². The third-order valence-corrected chi connectivity index (χ3v) is 9.32. The number of carbonyl (C=O) groups is 2. The zero-order valence-electron chi connectivity index (χ0n) is 32.0. The lowest BCUT2D eigenvalue weighted by molar-refractivity contribution is -0.148. The van der Waals surface area contributed by atoms with Crippen LogP contribution in [0.2, 0.25) is 0 Å². The van der Waals surface area contributed by atoms with Crippen molar-refractivity contribution in [3.05, 3.63) is 36.5 Å². The number of esters is 1. The Morgan fingerprint density at radius 3 is 1.29 bits per heavy atom. The van der Waals surface area contributed by atoms with Gasteiger partial charge in [-0.05, 0) is 90.4 Å². The van der Waals surface area contributed by atoms with Crippen LogP contribution >= 0.6 is 0 Å². The predicted octanol–water partition coefficient (Wildman–Crippen LogP) is 14.6. The van der Waals surface area contributed by atoms with Gasteiger partial charge in [0.2, 0.25) is 0 Å². The molecule has 0 aromatic heterocycles. The van der Waals surface area contributed by atoms with Crippen LogP contribution in [0.25, 0.3) is 0 Å². The van der Waals surface area contributed by atoms with E-state index >= 15 is 0 Å². The summed E-state index contributed by atoms with van der Waals surface area (Å²) < 4.78 is 5.65. The first-order valence-corrected chi connectivity index (χ1v) is 20.9. The van der Waals surface area contributed by atoms with E-state index in [-0.39, 0.29) is 12.1 Å². The first-order chi connectivity index (χ1) is 23.6. The molecule has 0 aromatic carbocycles. The molecule has 0 aromatic rings. The highest BCUT2D eigenvalue weighted by Gasteiger charge is 2.09.